The highest BCUT2D eigenvalue weighted by molar-refractivity contribution is 7.99. The molecular weight excluding hydrogens is 388 g/mol. The summed E-state index contributed by atoms with van der Waals surface area (Å²) in [6.07, 6.45) is 1.50. The van der Waals surface area contributed by atoms with Crippen molar-refractivity contribution in [1.29, 1.82) is 0 Å². The van der Waals surface area contributed by atoms with Crippen LogP contribution in [0.2, 0.25) is 5.02 Å². The van der Waals surface area contributed by atoms with Crippen molar-refractivity contribution in [3.05, 3.63) is 64.7 Å². The first-order valence-corrected chi connectivity index (χ1v) is 9.54. The molecule has 0 aliphatic heterocycles. The molecule has 2 rings (SSSR count). The van der Waals surface area contributed by atoms with Crippen LogP contribution in [-0.4, -0.2) is 37.6 Å². The molecule has 0 aromatic heterocycles. The van der Waals surface area contributed by atoms with Gasteiger partial charge in [-0.05, 0) is 35.4 Å². The number of rotatable bonds is 9. The van der Waals surface area contributed by atoms with E-state index in [2.05, 4.69) is 15.3 Å². The van der Waals surface area contributed by atoms with Crippen LogP contribution in [0.25, 0.3) is 0 Å². The number of halogens is 1. The predicted molar refractivity (Wildman–Crippen MR) is 107 cm³/mol. The van der Waals surface area contributed by atoms with Gasteiger partial charge in [0, 0.05) is 10.8 Å². The summed E-state index contributed by atoms with van der Waals surface area (Å²) >= 11 is 7.40. The lowest BCUT2D eigenvalue weighted by Crippen LogP contribution is -2.19. The number of methoxy groups -OCH3 is 1. The first-order valence-electron chi connectivity index (χ1n) is 8.00. The van der Waals surface area contributed by atoms with Crippen LogP contribution < -0.4 is 10.2 Å². The summed E-state index contributed by atoms with van der Waals surface area (Å²) in [7, 11) is 1.30. The van der Waals surface area contributed by atoms with Gasteiger partial charge in [0.1, 0.15) is 5.75 Å². The zero-order chi connectivity index (χ0) is 19.5. The molecular formula is C19H19ClN2O4S. The fourth-order valence-corrected chi connectivity index (χ4v) is 2.97. The predicted octanol–water partition coefficient (Wildman–Crippen LogP) is 3.28. The standard InChI is InChI=1S/C19H19ClN2O4S/c1-25-19(24)11-26-17-7-3-4-14(9-17)10-21-22-18(23)13-27-12-15-5-2-6-16(20)8-15/h2-10H,11-13H2,1H3,(H,22,23)/b21-10-. The number of hydrogen-bond acceptors (Lipinski definition) is 6. The van der Waals surface area contributed by atoms with Gasteiger partial charge >= 0.3 is 5.97 Å². The average molecular weight is 407 g/mol. The van der Waals surface area contributed by atoms with Crippen LogP contribution in [0.15, 0.2) is 53.6 Å². The van der Waals surface area contributed by atoms with Gasteiger partial charge in [-0.3, -0.25) is 4.79 Å². The SMILES string of the molecule is COC(=O)COc1cccc(/C=N\NC(=O)CSCc2cccc(Cl)c2)c1. The van der Waals surface area contributed by atoms with Gasteiger partial charge in [-0.1, -0.05) is 35.9 Å². The Labute approximate surface area is 166 Å². The fourth-order valence-electron chi connectivity index (χ4n) is 1.99. The third-order valence-electron chi connectivity index (χ3n) is 3.24. The Morgan fingerprint density at radius 1 is 1.22 bits per heavy atom. The average Bonchev–Trinajstić information content (AvgIpc) is 2.66. The number of thioether (sulfide) groups is 1. The number of nitrogens with zero attached hydrogens (tertiary/aromatic N) is 1. The normalized spacial score (nSPS) is 10.6. The summed E-state index contributed by atoms with van der Waals surface area (Å²) in [4.78, 5) is 22.9. The zero-order valence-electron chi connectivity index (χ0n) is 14.7. The van der Waals surface area contributed by atoms with E-state index in [1.165, 1.54) is 25.1 Å². The van der Waals surface area contributed by atoms with E-state index in [-0.39, 0.29) is 18.3 Å². The van der Waals surface area contributed by atoms with Gasteiger partial charge in [0.15, 0.2) is 6.61 Å². The third-order valence-corrected chi connectivity index (χ3v) is 4.48. The smallest absolute Gasteiger partial charge is 0.343 e. The van der Waals surface area contributed by atoms with E-state index in [9.17, 15) is 9.59 Å². The Hall–Kier alpha value is -2.51. The minimum atomic E-state index is -0.461. The van der Waals surface area contributed by atoms with Crippen LogP contribution in [0.4, 0.5) is 0 Å². The summed E-state index contributed by atoms with van der Waals surface area (Å²) in [5.41, 5.74) is 4.27. The van der Waals surface area contributed by atoms with Gasteiger partial charge in [0.2, 0.25) is 5.91 Å². The van der Waals surface area contributed by atoms with Crippen molar-refractivity contribution >= 4 is 41.5 Å². The number of amides is 1. The van der Waals surface area contributed by atoms with Crippen molar-refractivity contribution < 1.29 is 19.1 Å². The number of carbonyl (C=O) groups excluding carboxylic acids is 2. The van der Waals surface area contributed by atoms with Crippen molar-refractivity contribution in [1.82, 2.24) is 5.43 Å². The zero-order valence-corrected chi connectivity index (χ0v) is 16.3. The first-order chi connectivity index (χ1) is 13.1. The Morgan fingerprint density at radius 2 is 2.04 bits per heavy atom. The van der Waals surface area contributed by atoms with E-state index in [1.54, 1.807) is 24.3 Å². The molecule has 0 fully saturated rings. The van der Waals surface area contributed by atoms with Crippen LogP contribution in [0.3, 0.4) is 0 Å². The van der Waals surface area contributed by atoms with Crippen molar-refractivity contribution in [2.75, 3.05) is 19.5 Å². The van der Waals surface area contributed by atoms with E-state index >= 15 is 0 Å². The second-order valence-electron chi connectivity index (χ2n) is 5.35. The number of hydrazone groups is 1. The van der Waals surface area contributed by atoms with Crippen LogP contribution in [0.1, 0.15) is 11.1 Å². The molecule has 0 heterocycles. The van der Waals surface area contributed by atoms with Crippen molar-refractivity contribution in [2.24, 2.45) is 5.10 Å². The quantitative estimate of drug-likeness (QED) is 0.393. The Balaban J connectivity index is 1.74. The lowest BCUT2D eigenvalue weighted by Gasteiger charge is -2.05. The van der Waals surface area contributed by atoms with Crippen LogP contribution in [-0.2, 0) is 20.1 Å². The molecule has 2 aromatic rings. The van der Waals surface area contributed by atoms with E-state index in [4.69, 9.17) is 16.3 Å². The second-order valence-corrected chi connectivity index (χ2v) is 6.78. The maximum Gasteiger partial charge on any atom is 0.343 e. The van der Waals surface area contributed by atoms with E-state index in [0.29, 0.717) is 16.5 Å². The molecule has 142 valence electrons. The molecule has 1 amide bonds. The maximum absolute atomic E-state index is 11.8. The number of carbonyl (C=O) groups is 2. The maximum atomic E-state index is 11.8. The molecule has 1 N–H and O–H groups in total. The molecule has 8 heteroatoms. The summed E-state index contributed by atoms with van der Waals surface area (Å²) in [6.45, 7) is -0.169. The summed E-state index contributed by atoms with van der Waals surface area (Å²) in [5.74, 6) is 0.824. The van der Waals surface area contributed by atoms with Gasteiger partial charge in [-0.15, -0.1) is 11.8 Å². The molecule has 2 aromatic carbocycles. The number of hydrogen-bond donors (Lipinski definition) is 1. The molecule has 0 atom stereocenters. The number of benzene rings is 2. The van der Waals surface area contributed by atoms with Gasteiger partial charge in [0.05, 0.1) is 19.1 Å². The Kier molecular flexibility index (Phi) is 8.67. The summed E-state index contributed by atoms with van der Waals surface area (Å²) < 4.78 is 9.81. The van der Waals surface area contributed by atoms with Gasteiger partial charge < -0.3 is 9.47 Å². The highest BCUT2D eigenvalue weighted by Crippen LogP contribution is 2.16. The number of ether oxygens (including phenoxy) is 2. The number of nitrogens with one attached hydrogen (secondary N) is 1. The van der Waals surface area contributed by atoms with Crippen LogP contribution in [0.5, 0.6) is 5.75 Å². The number of esters is 1. The van der Waals surface area contributed by atoms with Crippen molar-refractivity contribution in [3.63, 3.8) is 0 Å². The minimum absolute atomic E-state index is 0.169. The summed E-state index contributed by atoms with van der Waals surface area (Å²) in [6, 6.07) is 14.5. The molecule has 0 unspecified atom stereocenters. The molecule has 0 radical (unpaired) electrons. The van der Waals surface area contributed by atoms with Crippen LogP contribution in [0, 0.1) is 0 Å². The Morgan fingerprint density at radius 3 is 2.81 bits per heavy atom. The van der Waals surface area contributed by atoms with E-state index < -0.39 is 5.97 Å². The van der Waals surface area contributed by atoms with Crippen molar-refractivity contribution in [3.8, 4) is 5.75 Å². The molecule has 0 spiro atoms. The monoisotopic (exact) mass is 406 g/mol. The Bertz CT molecular complexity index is 814. The highest BCUT2D eigenvalue weighted by Gasteiger charge is 2.03. The lowest BCUT2D eigenvalue weighted by atomic mass is 10.2. The minimum Gasteiger partial charge on any atom is -0.482 e. The topological polar surface area (TPSA) is 77.0 Å². The molecule has 6 nitrogen and oxygen atoms in total. The van der Waals surface area contributed by atoms with E-state index in [0.717, 1.165) is 11.1 Å². The van der Waals surface area contributed by atoms with Gasteiger partial charge in [0.25, 0.3) is 0 Å². The highest BCUT2D eigenvalue weighted by atomic mass is 35.5. The van der Waals surface area contributed by atoms with Gasteiger partial charge in [-0.2, -0.15) is 5.10 Å². The molecule has 0 aliphatic rings. The largest absolute Gasteiger partial charge is 0.482 e. The van der Waals surface area contributed by atoms with E-state index in [1.807, 2.05) is 24.3 Å². The fraction of sp³-hybridized carbons (Fsp3) is 0.211. The molecule has 0 saturated heterocycles. The molecule has 0 bridgehead atoms. The third kappa shape index (κ3) is 8.15. The second kappa shape index (κ2) is 11.3. The van der Waals surface area contributed by atoms with Crippen molar-refractivity contribution in [2.45, 2.75) is 5.75 Å². The summed E-state index contributed by atoms with van der Waals surface area (Å²) in [5, 5.41) is 4.61. The molecule has 0 saturated carbocycles. The first kappa shape index (κ1) is 20.8. The molecule has 0 aliphatic carbocycles. The lowest BCUT2D eigenvalue weighted by molar-refractivity contribution is -0.142. The molecule has 27 heavy (non-hydrogen) atoms. The van der Waals surface area contributed by atoms with Crippen LogP contribution >= 0.6 is 23.4 Å². The van der Waals surface area contributed by atoms with Gasteiger partial charge in [-0.25, -0.2) is 10.2 Å².